The van der Waals surface area contributed by atoms with Crippen LogP contribution in [0.2, 0.25) is 28.2 Å². The summed E-state index contributed by atoms with van der Waals surface area (Å²) >= 11 is 12.2. The van der Waals surface area contributed by atoms with Crippen LogP contribution in [0.4, 0.5) is 0 Å². The second-order valence-corrected chi connectivity index (χ2v) is 18.9. The SMILES string of the molecule is COC(=O)[C@H]([C@H](O[Si](C)(C)C(C)(C)C)c1ccccc1)N1CCC(CN2CCC(Oc3ccc(Cl)c(Cl)c3)CC2)CC1. The van der Waals surface area contributed by atoms with Crippen LogP contribution >= 0.6 is 23.2 Å². The van der Waals surface area contributed by atoms with E-state index in [9.17, 15) is 4.79 Å². The van der Waals surface area contributed by atoms with Crippen LogP contribution in [0.25, 0.3) is 0 Å². The molecule has 0 bridgehead atoms. The molecule has 2 aliphatic heterocycles. The van der Waals surface area contributed by atoms with E-state index in [0.717, 1.165) is 69.7 Å². The number of nitrogens with zero attached hydrogens (tertiary/aromatic N) is 2. The average molecular weight is 636 g/mol. The summed E-state index contributed by atoms with van der Waals surface area (Å²) in [7, 11) is -0.687. The topological polar surface area (TPSA) is 51.2 Å². The molecule has 0 unspecified atom stereocenters. The van der Waals surface area contributed by atoms with E-state index in [0.29, 0.717) is 16.0 Å². The summed E-state index contributed by atoms with van der Waals surface area (Å²) in [6, 6.07) is 15.2. The highest BCUT2D eigenvalue weighted by Gasteiger charge is 2.45. The second-order valence-electron chi connectivity index (χ2n) is 13.4. The Balaban J connectivity index is 1.35. The van der Waals surface area contributed by atoms with Gasteiger partial charge in [-0.1, -0.05) is 74.3 Å². The van der Waals surface area contributed by atoms with Crippen LogP contribution in [-0.2, 0) is 14.0 Å². The summed E-state index contributed by atoms with van der Waals surface area (Å²) < 4.78 is 18.6. The largest absolute Gasteiger partial charge is 0.490 e. The Kier molecular flexibility index (Phi) is 11.4. The van der Waals surface area contributed by atoms with Crippen molar-refractivity contribution in [3.63, 3.8) is 0 Å². The van der Waals surface area contributed by atoms with Crippen molar-refractivity contribution >= 4 is 37.5 Å². The molecule has 2 aliphatic rings. The molecule has 2 heterocycles. The number of benzene rings is 2. The van der Waals surface area contributed by atoms with Crippen molar-refractivity contribution in [2.24, 2.45) is 5.92 Å². The Morgan fingerprint density at radius 2 is 1.60 bits per heavy atom. The molecule has 2 aromatic carbocycles. The Labute approximate surface area is 263 Å². The van der Waals surface area contributed by atoms with Crippen molar-refractivity contribution in [2.45, 2.75) is 82.8 Å². The van der Waals surface area contributed by atoms with Gasteiger partial charge in [0.15, 0.2) is 8.32 Å². The normalized spacial score (nSPS) is 19.8. The second kappa shape index (κ2) is 14.4. The zero-order chi connectivity index (χ0) is 30.5. The first-order valence-corrected chi connectivity index (χ1v) is 18.9. The summed E-state index contributed by atoms with van der Waals surface area (Å²) in [6.45, 7) is 16.0. The predicted octanol–water partition coefficient (Wildman–Crippen LogP) is 7.85. The first kappa shape index (κ1) is 33.3. The van der Waals surface area contributed by atoms with E-state index in [-0.39, 0.29) is 23.2 Å². The van der Waals surface area contributed by atoms with Crippen LogP contribution in [-0.4, -0.2) is 76.1 Å². The highest BCUT2D eigenvalue weighted by Crippen LogP contribution is 2.42. The third-order valence-corrected chi connectivity index (χ3v) is 14.6. The van der Waals surface area contributed by atoms with E-state index in [1.807, 2.05) is 24.3 Å². The Morgan fingerprint density at radius 1 is 0.952 bits per heavy atom. The number of carbonyl (C=O) groups excluding carboxylic acids is 1. The lowest BCUT2D eigenvalue weighted by atomic mass is 9.92. The van der Waals surface area contributed by atoms with Gasteiger partial charge in [-0.3, -0.25) is 9.69 Å². The molecule has 232 valence electrons. The van der Waals surface area contributed by atoms with Crippen molar-refractivity contribution in [3.05, 3.63) is 64.1 Å². The smallest absolute Gasteiger partial charge is 0.326 e. The lowest BCUT2D eigenvalue weighted by Crippen LogP contribution is -2.53. The Bertz CT molecular complexity index is 1160. The number of esters is 1. The van der Waals surface area contributed by atoms with E-state index in [1.54, 1.807) is 12.1 Å². The molecule has 0 aromatic heterocycles. The molecule has 2 fully saturated rings. The van der Waals surface area contributed by atoms with Crippen LogP contribution in [0, 0.1) is 5.92 Å². The number of hydrogen-bond donors (Lipinski definition) is 0. The van der Waals surface area contributed by atoms with Crippen LogP contribution in [0.15, 0.2) is 48.5 Å². The summed E-state index contributed by atoms with van der Waals surface area (Å²) in [5.41, 5.74) is 1.03. The minimum atomic E-state index is -2.18. The van der Waals surface area contributed by atoms with Gasteiger partial charge in [0, 0.05) is 25.7 Å². The lowest BCUT2D eigenvalue weighted by Gasteiger charge is -2.45. The van der Waals surface area contributed by atoms with Gasteiger partial charge in [-0.2, -0.15) is 0 Å². The maximum absolute atomic E-state index is 13.4. The molecule has 0 N–H and O–H groups in total. The van der Waals surface area contributed by atoms with Crippen LogP contribution in [0.5, 0.6) is 5.75 Å². The zero-order valence-corrected chi connectivity index (χ0v) is 28.6. The van der Waals surface area contributed by atoms with E-state index >= 15 is 0 Å². The number of methoxy groups -OCH3 is 1. The molecule has 4 rings (SSSR count). The fourth-order valence-electron chi connectivity index (χ4n) is 5.77. The molecule has 0 aliphatic carbocycles. The zero-order valence-electron chi connectivity index (χ0n) is 26.1. The summed E-state index contributed by atoms with van der Waals surface area (Å²) in [5.74, 6) is 1.16. The van der Waals surface area contributed by atoms with Crippen LogP contribution in [0.3, 0.4) is 0 Å². The summed E-state index contributed by atoms with van der Waals surface area (Å²) in [5, 5.41) is 1.09. The van der Waals surface area contributed by atoms with Crippen molar-refractivity contribution in [1.29, 1.82) is 0 Å². The quantitative estimate of drug-likeness (QED) is 0.196. The molecule has 2 aromatic rings. The van der Waals surface area contributed by atoms with Crippen LogP contribution in [0.1, 0.15) is 58.1 Å². The maximum Gasteiger partial charge on any atom is 0.326 e. The predicted molar refractivity (Wildman–Crippen MR) is 174 cm³/mol. The number of piperidine rings is 2. The summed E-state index contributed by atoms with van der Waals surface area (Å²) in [6.07, 6.45) is 3.91. The first-order valence-electron chi connectivity index (χ1n) is 15.3. The number of rotatable bonds is 10. The molecule has 9 heteroatoms. The third-order valence-electron chi connectivity index (χ3n) is 9.37. The fourth-order valence-corrected chi connectivity index (χ4v) is 7.31. The minimum absolute atomic E-state index is 0.0219. The van der Waals surface area contributed by atoms with Gasteiger partial charge in [0.05, 0.1) is 23.3 Å². The number of ether oxygens (including phenoxy) is 2. The Hall–Kier alpha value is -1.61. The van der Waals surface area contributed by atoms with Crippen molar-refractivity contribution in [1.82, 2.24) is 9.80 Å². The molecule has 6 nitrogen and oxygen atoms in total. The number of halogens is 2. The van der Waals surface area contributed by atoms with E-state index < -0.39 is 14.4 Å². The van der Waals surface area contributed by atoms with Crippen molar-refractivity contribution < 1.29 is 18.7 Å². The van der Waals surface area contributed by atoms with Crippen LogP contribution < -0.4 is 4.74 Å². The van der Waals surface area contributed by atoms with Gasteiger partial charge >= 0.3 is 5.97 Å². The monoisotopic (exact) mass is 634 g/mol. The molecular formula is C33H48Cl2N2O4Si. The van der Waals surface area contributed by atoms with E-state index in [4.69, 9.17) is 37.1 Å². The van der Waals surface area contributed by atoms with Crippen molar-refractivity contribution in [2.75, 3.05) is 39.8 Å². The molecular weight excluding hydrogens is 587 g/mol. The van der Waals surface area contributed by atoms with Gasteiger partial charge < -0.3 is 18.8 Å². The molecule has 0 saturated carbocycles. The molecule has 0 amide bonds. The van der Waals surface area contributed by atoms with Gasteiger partial charge in [-0.15, -0.1) is 0 Å². The van der Waals surface area contributed by atoms with Gasteiger partial charge in [-0.05, 0) is 80.5 Å². The molecule has 2 saturated heterocycles. The Morgan fingerprint density at radius 3 is 2.17 bits per heavy atom. The highest BCUT2D eigenvalue weighted by molar-refractivity contribution is 6.74. The highest BCUT2D eigenvalue weighted by atomic mass is 35.5. The third kappa shape index (κ3) is 8.51. The first-order chi connectivity index (χ1) is 19.9. The van der Waals surface area contributed by atoms with Gasteiger partial charge in [-0.25, -0.2) is 0 Å². The van der Waals surface area contributed by atoms with Gasteiger partial charge in [0.25, 0.3) is 0 Å². The fraction of sp³-hybridized carbons (Fsp3) is 0.606. The van der Waals surface area contributed by atoms with Gasteiger partial charge in [0.1, 0.15) is 17.9 Å². The van der Waals surface area contributed by atoms with Gasteiger partial charge in [0.2, 0.25) is 0 Å². The summed E-state index contributed by atoms with van der Waals surface area (Å²) in [4.78, 5) is 18.3. The molecule has 42 heavy (non-hydrogen) atoms. The lowest BCUT2D eigenvalue weighted by molar-refractivity contribution is -0.152. The number of likely N-dealkylation sites (tertiary alicyclic amines) is 2. The van der Waals surface area contributed by atoms with Crippen molar-refractivity contribution in [3.8, 4) is 5.75 Å². The minimum Gasteiger partial charge on any atom is -0.490 e. The number of hydrogen-bond acceptors (Lipinski definition) is 6. The molecule has 0 spiro atoms. The van der Waals surface area contributed by atoms with E-state index in [2.05, 4.69) is 55.8 Å². The number of carbonyl (C=O) groups is 1. The molecule has 0 radical (unpaired) electrons. The standard InChI is InChI=1S/C33H48Cl2N2O4Si/c1-33(2,3)42(5,6)41-31(25-10-8-7-9-11-25)30(32(38)39-4)37-20-14-24(15-21-37)23-36-18-16-26(17-19-36)40-27-12-13-28(34)29(35)22-27/h7-13,22,24,26,30-31H,14-21,23H2,1-6H3/t30-,31+/m0/s1. The average Bonchev–Trinajstić information content (AvgIpc) is 2.96. The molecule has 2 atom stereocenters. The van der Waals surface area contributed by atoms with E-state index in [1.165, 1.54) is 7.11 Å². The maximum atomic E-state index is 13.4.